The summed E-state index contributed by atoms with van der Waals surface area (Å²) in [7, 11) is 0. The Labute approximate surface area is 183 Å². The summed E-state index contributed by atoms with van der Waals surface area (Å²) in [6.07, 6.45) is 0.893. The zero-order valence-corrected chi connectivity index (χ0v) is 18.3. The van der Waals surface area contributed by atoms with Crippen LogP contribution in [0, 0.1) is 0 Å². The fourth-order valence-corrected chi connectivity index (χ4v) is 2.98. The summed E-state index contributed by atoms with van der Waals surface area (Å²) in [5.74, 6) is -0.688. The van der Waals surface area contributed by atoms with Gasteiger partial charge in [-0.15, -0.1) is 0 Å². The molecule has 0 aliphatic rings. The molecule has 2 aromatic carbocycles. The topological polar surface area (TPSA) is 96.5 Å². The van der Waals surface area contributed by atoms with Crippen LogP contribution in [0.25, 0.3) is 0 Å². The summed E-state index contributed by atoms with van der Waals surface area (Å²) in [5.41, 5.74) is 2.36. The standard InChI is InChI=1S/C24H31N3O4/c1-4-19(20-8-6-5-7-9-20)15-25-22(28)16-31-23(29)21-12-10-18(11-13-21)14-26-24(30)27-17(2)3/h5-13,17,19H,4,14-16H2,1-3H3,(H,25,28)(H2,26,27,30)/t19-/m0/s1. The number of urea groups is 1. The fraction of sp³-hybridized carbons (Fsp3) is 0.375. The molecule has 166 valence electrons. The predicted molar refractivity (Wildman–Crippen MR) is 120 cm³/mol. The molecular formula is C24H31N3O4. The Morgan fingerprint density at radius 3 is 2.23 bits per heavy atom. The van der Waals surface area contributed by atoms with Crippen molar-refractivity contribution in [3.63, 3.8) is 0 Å². The number of carbonyl (C=O) groups excluding carboxylic acids is 3. The third-order valence-electron chi connectivity index (χ3n) is 4.71. The molecule has 0 aromatic heterocycles. The highest BCUT2D eigenvalue weighted by atomic mass is 16.5. The molecule has 2 rings (SSSR count). The van der Waals surface area contributed by atoms with E-state index >= 15 is 0 Å². The highest BCUT2D eigenvalue weighted by molar-refractivity contribution is 5.91. The molecule has 7 heteroatoms. The SMILES string of the molecule is CC[C@@H](CNC(=O)COC(=O)c1ccc(CNC(=O)NC(C)C)cc1)c1ccccc1. The van der Waals surface area contributed by atoms with Gasteiger partial charge in [0.1, 0.15) is 0 Å². The van der Waals surface area contributed by atoms with Gasteiger partial charge >= 0.3 is 12.0 Å². The van der Waals surface area contributed by atoms with Gasteiger partial charge in [-0.05, 0) is 43.5 Å². The van der Waals surface area contributed by atoms with Crippen LogP contribution in [0.3, 0.4) is 0 Å². The first-order valence-corrected chi connectivity index (χ1v) is 10.5. The second-order valence-corrected chi connectivity index (χ2v) is 7.57. The minimum absolute atomic E-state index is 0.0561. The predicted octanol–water partition coefficient (Wildman–Crippen LogP) is 3.36. The minimum Gasteiger partial charge on any atom is -0.452 e. The quantitative estimate of drug-likeness (QED) is 0.509. The van der Waals surface area contributed by atoms with Crippen LogP contribution in [0.5, 0.6) is 0 Å². The second-order valence-electron chi connectivity index (χ2n) is 7.57. The van der Waals surface area contributed by atoms with Crippen LogP contribution >= 0.6 is 0 Å². The lowest BCUT2D eigenvalue weighted by Crippen LogP contribution is -2.39. The first kappa shape index (κ1) is 23.9. The van der Waals surface area contributed by atoms with E-state index in [1.54, 1.807) is 24.3 Å². The summed E-state index contributed by atoms with van der Waals surface area (Å²) in [4.78, 5) is 35.9. The zero-order chi connectivity index (χ0) is 22.6. The minimum atomic E-state index is -0.567. The number of ether oxygens (including phenoxy) is 1. The molecule has 0 radical (unpaired) electrons. The smallest absolute Gasteiger partial charge is 0.338 e. The molecule has 0 bridgehead atoms. The zero-order valence-electron chi connectivity index (χ0n) is 18.3. The number of hydrogen-bond acceptors (Lipinski definition) is 4. The van der Waals surface area contributed by atoms with Crippen molar-refractivity contribution in [1.82, 2.24) is 16.0 Å². The molecule has 0 aliphatic carbocycles. The van der Waals surface area contributed by atoms with Crippen LogP contribution < -0.4 is 16.0 Å². The van der Waals surface area contributed by atoms with Gasteiger partial charge in [-0.2, -0.15) is 0 Å². The Kier molecular flexibility index (Phi) is 9.55. The Morgan fingerprint density at radius 2 is 1.61 bits per heavy atom. The monoisotopic (exact) mass is 425 g/mol. The van der Waals surface area contributed by atoms with Crippen LogP contribution in [0.1, 0.15) is 54.6 Å². The van der Waals surface area contributed by atoms with Crippen molar-refractivity contribution in [3.8, 4) is 0 Å². The lowest BCUT2D eigenvalue weighted by Gasteiger charge is -2.16. The van der Waals surface area contributed by atoms with Crippen LogP contribution in [0.15, 0.2) is 54.6 Å². The molecular weight excluding hydrogens is 394 g/mol. The van der Waals surface area contributed by atoms with E-state index in [2.05, 4.69) is 22.9 Å². The van der Waals surface area contributed by atoms with E-state index in [9.17, 15) is 14.4 Å². The van der Waals surface area contributed by atoms with Crippen LogP contribution in [0.2, 0.25) is 0 Å². The first-order chi connectivity index (χ1) is 14.9. The summed E-state index contributed by atoms with van der Waals surface area (Å²) >= 11 is 0. The highest BCUT2D eigenvalue weighted by Crippen LogP contribution is 2.17. The highest BCUT2D eigenvalue weighted by Gasteiger charge is 2.13. The summed E-state index contributed by atoms with van der Waals surface area (Å²) < 4.78 is 5.11. The Hall–Kier alpha value is -3.35. The van der Waals surface area contributed by atoms with Gasteiger partial charge in [0.2, 0.25) is 0 Å². The van der Waals surface area contributed by atoms with E-state index in [1.165, 1.54) is 5.56 Å². The second kappa shape index (κ2) is 12.4. The van der Waals surface area contributed by atoms with Gasteiger partial charge in [-0.25, -0.2) is 9.59 Å². The van der Waals surface area contributed by atoms with Gasteiger partial charge in [-0.3, -0.25) is 4.79 Å². The van der Waals surface area contributed by atoms with E-state index in [0.29, 0.717) is 18.7 Å². The van der Waals surface area contributed by atoms with Crippen molar-refractivity contribution in [3.05, 3.63) is 71.3 Å². The summed E-state index contributed by atoms with van der Waals surface area (Å²) in [5, 5.41) is 8.30. The Morgan fingerprint density at radius 1 is 0.935 bits per heavy atom. The number of amides is 3. The van der Waals surface area contributed by atoms with Crippen molar-refractivity contribution in [1.29, 1.82) is 0 Å². The summed E-state index contributed by atoms with van der Waals surface area (Å²) in [6.45, 7) is 6.33. The molecule has 7 nitrogen and oxygen atoms in total. The maximum Gasteiger partial charge on any atom is 0.338 e. The molecule has 3 N–H and O–H groups in total. The molecule has 0 saturated heterocycles. The molecule has 31 heavy (non-hydrogen) atoms. The van der Waals surface area contributed by atoms with Crippen LogP contribution in [-0.2, 0) is 16.1 Å². The largest absolute Gasteiger partial charge is 0.452 e. The lowest BCUT2D eigenvalue weighted by molar-refractivity contribution is -0.124. The molecule has 0 spiro atoms. The maximum absolute atomic E-state index is 12.2. The van der Waals surface area contributed by atoms with Crippen molar-refractivity contribution < 1.29 is 19.1 Å². The fourth-order valence-electron chi connectivity index (χ4n) is 2.98. The lowest BCUT2D eigenvalue weighted by atomic mass is 9.96. The van der Waals surface area contributed by atoms with Gasteiger partial charge in [0, 0.05) is 25.0 Å². The molecule has 0 unspecified atom stereocenters. The van der Waals surface area contributed by atoms with Gasteiger partial charge in [0.25, 0.3) is 5.91 Å². The van der Waals surface area contributed by atoms with Gasteiger partial charge in [0.15, 0.2) is 6.61 Å². The molecule has 0 aliphatic heterocycles. The summed E-state index contributed by atoms with van der Waals surface area (Å²) in [6, 6.07) is 16.5. The number of nitrogens with one attached hydrogen (secondary N) is 3. The van der Waals surface area contributed by atoms with E-state index < -0.39 is 5.97 Å². The number of benzene rings is 2. The van der Waals surface area contributed by atoms with Crippen molar-refractivity contribution in [2.24, 2.45) is 0 Å². The van der Waals surface area contributed by atoms with Gasteiger partial charge < -0.3 is 20.7 Å². The van der Waals surface area contributed by atoms with E-state index in [0.717, 1.165) is 12.0 Å². The van der Waals surface area contributed by atoms with Crippen LogP contribution in [0.4, 0.5) is 4.79 Å². The number of hydrogen-bond donors (Lipinski definition) is 3. The number of carbonyl (C=O) groups is 3. The van der Waals surface area contributed by atoms with E-state index in [1.807, 2.05) is 44.2 Å². The molecule has 0 fully saturated rings. The number of esters is 1. The average molecular weight is 426 g/mol. The van der Waals surface area contributed by atoms with Gasteiger partial charge in [0.05, 0.1) is 5.56 Å². The molecule has 3 amide bonds. The molecule has 0 heterocycles. The average Bonchev–Trinajstić information content (AvgIpc) is 2.77. The normalized spacial score (nSPS) is 11.5. The first-order valence-electron chi connectivity index (χ1n) is 10.5. The molecule has 2 aromatic rings. The Balaban J connectivity index is 1.75. The third kappa shape index (κ3) is 8.50. The molecule has 1 atom stereocenters. The van der Waals surface area contributed by atoms with Crippen molar-refractivity contribution in [2.45, 2.75) is 45.7 Å². The molecule has 0 saturated carbocycles. The van der Waals surface area contributed by atoms with Crippen molar-refractivity contribution in [2.75, 3.05) is 13.2 Å². The Bertz CT molecular complexity index is 851. The van der Waals surface area contributed by atoms with Crippen molar-refractivity contribution >= 4 is 17.9 Å². The van der Waals surface area contributed by atoms with E-state index in [4.69, 9.17) is 4.74 Å². The van der Waals surface area contributed by atoms with Crippen LogP contribution in [-0.4, -0.2) is 37.1 Å². The number of rotatable bonds is 10. The van der Waals surface area contributed by atoms with E-state index in [-0.39, 0.29) is 30.5 Å². The maximum atomic E-state index is 12.2. The van der Waals surface area contributed by atoms with Gasteiger partial charge in [-0.1, -0.05) is 49.4 Å². The third-order valence-corrected chi connectivity index (χ3v) is 4.71.